The van der Waals surface area contributed by atoms with Crippen LogP contribution >= 0.6 is 17.0 Å². The van der Waals surface area contributed by atoms with Crippen molar-refractivity contribution >= 4 is 17.0 Å². The number of benzene rings is 1. The van der Waals surface area contributed by atoms with Crippen molar-refractivity contribution in [2.24, 2.45) is 0 Å². The Balaban J connectivity index is -0.0000000674. The Labute approximate surface area is 111 Å². The minimum Gasteiger partial charge on any atom is -0.400 e. The maximum Gasteiger partial charge on any atom is 2.00 e. The first-order valence-electron chi connectivity index (χ1n) is 3.28. The molecule has 1 aromatic carbocycles. The summed E-state index contributed by atoms with van der Waals surface area (Å²) in [6.07, 6.45) is 0. The molecule has 0 aliphatic heterocycles. The molecule has 0 heterocycles. The van der Waals surface area contributed by atoms with Gasteiger partial charge >= 0.3 is 19.5 Å². The molecule has 0 amide bonds. The topological polar surface area (TPSA) is 20.2 Å². The molecule has 0 saturated carbocycles. The van der Waals surface area contributed by atoms with E-state index < -0.39 is 6.68 Å². The normalized spacial score (nSPS) is 6.80. The molecule has 0 radical (unpaired) electrons. The largest absolute Gasteiger partial charge is 2.00 e. The monoisotopic (exact) mass is 336 g/mol. The predicted octanol–water partition coefficient (Wildman–Crippen LogP) is 3.39. The first-order chi connectivity index (χ1) is 6.13. The minimum atomic E-state index is -3.08. The average molecular weight is 338 g/mol. The van der Waals surface area contributed by atoms with Crippen molar-refractivity contribution in [2.45, 2.75) is 0 Å². The van der Waals surface area contributed by atoms with Gasteiger partial charge in [0.15, 0.2) is 6.68 Å². The molecule has 15 heavy (non-hydrogen) atoms. The van der Waals surface area contributed by atoms with Crippen LogP contribution in [0.15, 0.2) is 30.3 Å². The van der Waals surface area contributed by atoms with Crippen LogP contribution in [0.2, 0.25) is 0 Å². The summed E-state index contributed by atoms with van der Waals surface area (Å²) in [7, 11) is 1.00. The molecule has 0 aromatic heterocycles. The van der Waals surface area contributed by atoms with Crippen molar-refractivity contribution in [3.05, 3.63) is 49.5 Å². The van der Waals surface area contributed by atoms with Gasteiger partial charge in [-0.25, -0.2) is 0 Å². The molecule has 0 atom stereocenters. The molecule has 0 fully saturated rings. The molecule has 0 bridgehead atoms. The first-order valence-corrected chi connectivity index (χ1v) is 3.28. The zero-order chi connectivity index (χ0) is 10.7. The summed E-state index contributed by atoms with van der Waals surface area (Å²) in [4.78, 5) is 0. The van der Waals surface area contributed by atoms with E-state index in [1.54, 1.807) is 0 Å². The second-order valence-corrected chi connectivity index (χ2v) is 1.70. The molecule has 1 nitrogen and oxygen atoms in total. The molecule has 0 aliphatic carbocycles. The standard InChI is InChI=1S/C7H7.CF3.CH4O.BrH.Zn/c1-7-5-3-2-4-6-7;2-1(3)4;1-2;;/h2-6H,1H2;;2H,1H3;1H;/q2*-1;;;+2. The van der Waals surface area contributed by atoms with Gasteiger partial charge in [-0.1, -0.05) is 6.07 Å². The van der Waals surface area contributed by atoms with E-state index in [9.17, 15) is 13.2 Å². The molecular weight excluding hydrogens is 326 g/mol. The third-order valence-electron chi connectivity index (χ3n) is 0.843. The van der Waals surface area contributed by atoms with Gasteiger partial charge in [-0.05, 0) is 0 Å². The molecule has 1 N–H and O–H groups in total. The number of rotatable bonds is 0. The summed E-state index contributed by atoms with van der Waals surface area (Å²) in [5, 5.41) is 7.00. The van der Waals surface area contributed by atoms with E-state index in [-0.39, 0.29) is 36.5 Å². The van der Waals surface area contributed by atoms with Gasteiger partial charge < -0.3 is 18.3 Å². The molecule has 6 heteroatoms. The quantitative estimate of drug-likeness (QED) is 0.568. The summed E-state index contributed by atoms with van der Waals surface area (Å²) < 4.78 is 28.8. The maximum atomic E-state index is 9.58. The van der Waals surface area contributed by atoms with Crippen molar-refractivity contribution in [1.29, 1.82) is 0 Å². The Hall–Kier alpha value is -0.0566. The van der Waals surface area contributed by atoms with Crippen LogP contribution in [0.1, 0.15) is 5.56 Å². The number of halogens is 4. The summed E-state index contributed by atoms with van der Waals surface area (Å²) in [6, 6.07) is 9.87. The number of aliphatic hydroxyl groups excluding tert-OH is 1. The van der Waals surface area contributed by atoms with Gasteiger partial charge in [-0.2, -0.15) is 24.6 Å². The molecule has 0 saturated heterocycles. The van der Waals surface area contributed by atoms with Gasteiger partial charge in [-0.3, -0.25) is 0 Å². The van der Waals surface area contributed by atoms with E-state index in [0.29, 0.717) is 0 Å². The minimum absolute atomic E-state index is 0. The van der Waals surface area contributed by atoms with E-state index >= 15 is 0 Å². The smallest absolute Gasteiger partial charge is 0.400 e. The molecule has 0 spiro atoms. The number of hydrogen-bond donors (Lipinski definition) is 1. The van der Waals surface area contributed by atoms with E-state index in [1.165, 1.54) is 0 Å². The Bertz CT molecular complexity index is 185. The molecule has 1 rings (SSSR count). The van der Waals surface area contributed by atoms with E-state index in [2.05, 4.69) is 6.92 Å². The van der Waals surface area contributed by atoms with Gasteiger partial charge in [0.25, 0.3) is 0 Å². The van der Waals surface area contributed by atoms with Crippen LogP contribution in [0, 0.1) is 13.6 Å². The van der Waals surface area contributed by atoms with Gasteiger partial charge in [-0.15, -0.1) is 29.1 Å². The molecule has 84 valence electrons. The van der Waals surface area contributed by atoms with Gasteiger partial charge in [0.2, 0.25) is 0 Å². The Morgan fingerprint density at radius 1 is 1.07 bits per heavy atom. The third-order valence-corrected chi connectivity index (χ3v) is 0.843. The summed E-state index contributed by atoms with van der Waals surface area (Å²) >= 11 is 0. The van der Waals surface area contributed by atoms with Crippen LogP contribution in [0.4, 0.5) is 13.2 Å². The van der Waals surface area contributed by atoms with Crippen LogP contribution in [0.5, 0.6) is 0 Å². The van der Waals surface area contributed by atoms with Gasteiger partial charge in [0.05, 0.1) is 0 Å². The first kappa shape index (κ1) is 24.3. The van der Waals surface area contributed by atoms with Gasteiger partial charge in [0, 0.05) is 7.11 Å². The molecule has 0 unspecified atom stereocenters. The molecule has 0 aliphatic rings. The van der Waals surface area contributed by atoms with Crippen LogP contribution < -0.4 is 0 Å². The summed E-state index contributed by atoms with van der Waals surface area (Å²) in [5.41, 5.74) is 1.07. The predicted molar refractivity (Wildman–Crippen MR) is 55.9 cm³/mol. The number of aliphatic hydroxyl groups is 1. The molecular formula is C9H12BrF3OZn. The second kappa shape index (κ2) is 19.5. The van der Waals surface area contributed by atoms with E-state index in [0.717, 1.165) is 12.7 Å². The molecule has 1 aromatic rings. The van der Waals surface area contributed by atoms with E-state index in [4.69, 9.17) is 5.11 Å². The number of hydrogen-bond acceptors (Lipinski definition) is 1. The van der Waals surface area contributed by atoms with Crippen molar-refractivity contribution in [3.63, 3.8) is 0 Å². The zero-order valence-electron chi connectivity index (χ0n) is 8.29. The van der Waals surface area contributed by atoms with Crippen LogP contribution in [0.3, 0.4) is 0 Å². The Morgan fingerprint density at radius 3 is 1.47 bits per heavy atom. The van der Waals surface area contributed by atoms with Crippen molar-refractivity contribution in [1.82, 2.24) is 0 Å². The zero-order valence-corrected chi connectivity index (χ0v) is 13.0. The third kappa shape index (κ3) is 31.5. The van der Waals surface area contributed by atoms with E-state index in [1.807, 2.05) is 30.3 Å². The fraction of sp³-hybridized carbons (Fsp3) is 0.111. The Kier molecular flexibility index (Phi) is 31.5. The average Bonchev–Trinajstić information content (AvgIpc) is 2.08. The van der Waals surface area contributed by atoms with Crippen molar-refractivity contribution in [3.8, 4) is 0 Å². The SMILES string of the molecule is Br.CO.F[C-](F)F.[CH2-]c1ccccc1.[Zn+2]. The van der Waals surface area contributed by atoms with Crippen molar-refractivity contribution in [2.75, 3.05) is 7.11 Å². The van der Waals surface area contributed by atoms with Crippen LogP contribution in [-0.4, -0.2) is 12.2 Å². The fourth-order valence-corrected chi connectivity index (χ4v) is 0.478. The van der Waals surface area contributed by atoms with Crippen LogP contribution in [0.25, 0.3) is 0 Å². The fourth-order valence-electron chi connectivity index (χ4n) is 0.478. The van der Waals surface area contributed by atoms with Crippen molar-refractivity contribution < 1.29 is 37.8 Å². The van der Waals surface area contributed by atoms with Crippen LogP contribution in [-0.2, 0) is 19.5 Å². The summed E-state index contributed by atoms with van der Waals surface area (Å²) in [6.45, 7) is 0.637. The second-order valence-electron chi connectivity index (χ2n) is 1.70. The Morgan fingerprint density at radius 2 is 1.33 bits per heavy atom. The maximum absolute atomic E-state index is 9.58. The van der Waals surface area contributed by atoms with Gasteiger partial charge in [0.1, 0.15) is 0 Å². The summed E-state index contributed by atoms with van der Waals surface area (Å²) in [5.74, 6) is 0.